The van der Waals surface area contributed by atoms with E-state index in [2.05, 4.69) is 15.5 Å². The van der Waals surface area contributed by atoms with Crippen LogP contribution in [-0.4, -0.2) is 29.0 Å². The summed E-state index contributed by atoms with van der Waals surface area (Å²) in [5.41, 5.74) is 2.21. The van der Waals surface area contributed by atoms with Crippen LogP contribution < -0.4 is 10.1 Å². The molecule has 6 nitrogen and oxygen atoms in total. The Balaban J connectivity index is 1.63. The van der Waals surface area contributed by atoms with Crippen molar-refractivity contribution in [3.8, 4) is 17.2 Å². The Bertz CT molecular complexity index is 978. The van der Waals surface area contributed by atoms with Gasteiger partial charge in [-0.2, -0.15) is 0 Å². The van der Waals surface area contributed by atoms with Crippen LogP contribution in [0.15, 0.2) is 46.0 Å². The summed E-state index contributed by atoms with van der Waals surface area (Å²) < 4.78 is 10.8. The normalized spacial score (nSPS) is 10.7. The third-order valence-corrected chi connectivity index (χ3v) is 4.89. The Kier molecular flexibility index (Phi) is 6.26. The predicted octanol–water partition coefficient (Wildman–Crippen LogP) is 5.09. The van der Waals surface area contributed by atoms with Gasteiger partial charge in [-0.25, -0.2) is 0 Å². The van der Waals surface area contributed by atoms with Gasteiger partial charge in [0.15, 0.2) is 0 Å². The fourth-order valence-corrected chi connectivity index (χ4v) is 3.33. The molecule has 3 aromatic rings. The summed E-state index contributed by atoms with van der Waals surface area (Å²) >= 11 is 13.1. The van der Waals surface area contributed by atoms with Gasteiger partial charge >= 0.3 is 0 Å². The second-order valence-corrected chi connectivity index (χ2v) is 7.31. The van der Waals surface area contributed by atoms with E-state index in [1.165, 1.54) is 0 Å². The van der Waals surface area contributed by atoms with Crippen molar-refractivity contribution in [1.29, 1.82) is 0 Å². The van der Waals surface area contributed by atoms with E-state index in [0.717, 1.165) is 17.3 Å². The number of hydrogen-bond acceptors (Lipinski definition) is 6. The van der Waals surface area contributed by atoms with Crippen LogP contribution in [0.1, 0.15) is 5.56 Å². The number of hydrogen-bond donors (Lipinski definition) is 1. The first-order chi connectivity index (χ1) is 13.0. The van der Waals surface area contributed by atoms with Crippen molar-refractivity contribution in [3.63, 3.8) is 0 Å². The van der Waals surface area contributed by atoms with E-state index in [1.54, 1.807) is 31.4 Å². The molecule has 0 bridgehead atoms. The van der Waals surface area contributed by atoms with E-state index < -0.39 is 0 Å². The van der Waals surface area contributed by atoms with E-state index in [9.17, 15) is 4.79 Å². The third kappa shape index (κ3) is 4.94. The molecule has 0 saturated carbocycles. The number of carbonyl (C=O) groups is 1. The minimum atomic E-state index is -0.215. The SMILES string of the molecule is COc1ccc(C)cc1NC(=O)CSc1nnc(-c2ccc(Cl)cc2Cl)o1. The van der Waals surface area contributed by atoms with Crippen LogP contribution in [0.5, 0.6) is 5.75 Å². The maximum Gasteiger partial charge on any atom is 0.277 e. The minimum absolute atomic E-state index is 0.104. The van der Waals surface area contributed by atoms with Crippen LogP contribution in [-0.2, 0) is 4.79 Å². The summed E-state index contributed by atoms with van der Waals surface area (Å²) in [4.78, 5) is 12.2. The van der Waals surface area contributed by atoms with Gasteiger partial charge in [-0.05, 0) is 42.8 Å². The Morgan fingerprint density at radius 3 is 2.78 bits per heavy atom. The molecular weight excluding hydrogens is 409 g/mol. The molecule has 9 heteroatoms. The topological polar surface area (TPSA) is 77.2 Å². The molecule has 3 rings (SSSR count). The summed E-state index contributed by atoms with van der Waals surface area (Å²) in [6, 6.07) is 10.5. The second kappa shape index (κ2) is 8.65. The van der Waals surface area contributed by atoms with Gasteiger partial charge in [-0.3, -0.25) is 4.79 Å². The van der Waals surface area contributed by atoms with Crippen molar-refractivity contribution >= 4 is 46.6 Å². The molecule has 0 aliphatic carbocycles. The molecule has 0 fully saturated rings. The number of benzene rings is 2. The molecule has 0 aliphatic heterocycles. The first-order valence-electron chi connectivity index (χ1n) is 7.82. The number of ether oxygens (including phenoxy) is 1. The first-order valence-corrected chi connectivity index (χ1v) is 9.56. The van der Waals surface area contributed by atoms with E-state index in [0.29, 0.717) is 27.0 Å². The number of aromatic nitrogens is 2. The number of halogens is 2. The largest absolute Gasteiger partial charge is 0.495 e. The maximum absolute atomic E-state index is 12.2. The van der Waals surface area contributed by atoms with Gasteiger partial charge in [0.25, 0.3) is 5.22 Å². The summed E-state index contributed by atoms with van der Waals surface area (Å²) in [6.07, 6.45) is 0. The van der Waals surface area contributed by atoms with Crippen molar-refractivity contribution in [1.82, 2.24) is 10.2 Å². The quantitative estimate of drug-likeness (QED) is 0.556. The van der Waals surface area contributed by atoms with Crippen molar-refractivity contribution in [2.24, 2.45) is 0 Å². The molecule has 27 heavy (non-hydrogen) atoms. The number of rotatable bonds is 6. The molecule has 0 unspecified atom stereocenters. The standard InChI is InChI=1S/C18H15Cl2N3O3S/c1-10-3-6-15(25-2)14(7-10)21-16(24)9-27-18-23-22-17(26-18)12-5-4-11(19)8-13(12)20/h3-8H,9H2,1-2H3,(H,21,24). The lowest BCUT2D eigenvalue weighted by atomic mass is 10.2. The van der Waals surface area contributed by atoms with Gasteiger partial charge in [0.2, 0.25) is 11.8 Å². The molecule has 0 saturated heterocycles. The highest BCUT2D eigenvalue weighted by molar-refractivity contribution is 7.99. The predicted molar refractivity (Wildman–Crippen MR) is 107 cm³/mol. The van der Waals surface area contributed by atoms with Gasteiger partial charge in [-0.15, -0.1) is 10.2 Å². The van der Waals surface area contributed by atoms with Gasteiger partial charge in [0, 0.05) is 5.02 Å². The molecular formula is C18H15Cl2N3O3S. The number of amides is 1. The number of carbonyl (C=O) groups excluding carboxylic acids is 1. The highest BCUT2D eigenvalue weighted by atomic mass is 35.5. The lowest BCUT2D eigenvalue weighted by molar-refractivity contribution is -0.113. The molecule has 1 heterocycles. The van der Waals surface area contributed by atoms with Crippen molar-refractivity contribution in [2.45, 2.75) is 12.1 Å². The van der Waals surface area contributed by atoms with Crippen LogP contribution >= 0.6 is 35.0 Å². The van der Waals surface area contributed by atoms with E-state index in [1.807, 2.05) is 19.1 Å². The third-order valence-electron chi connectivity index (χ3n) is 3.52. The molecule has 0 spiro atoms. The zero-order valence-electron chi connectivity index (χ0n) is 14.5. The van der Waals surface area contributed by atoms with Crippen molar-refractivity contribution < 1.29 is 13.9 Å². The zero-order chi connectivity index (χ0) is 19.4. The van der Waals surface area contributed by atoms with Crippen LogP contribution in [0.25, 0.3) is 11.5 Å². The Labute approximate surface area is 170 Å². The van der Waals surface area contributed by atoms with Crippen molar-refractivity contribution in [3.05, 3.63) is 52.0 Å². The number of methoxy groups -OCH3 is 1. The van der Waals surface area contributed by atoms with Gasteiger partial charge in [0.05, 0.1) is 29.1 Å². The number of aryl methyl sites for hydroxylation is 1. The van der Waals surface area contributed by atoms with Gasteiger partial charge < -0.3 is 14.5 Å². The minimum Gasteiger partial charge on any atom is -0.495 e. The average molecular weight is 424 g/mol. The number of anilines is 1. The summed E-state index contributed by atoms with van der Waals surface area (Å²) in [5, 5.41) is 11.9. The summed E-state index contributed by atoms with van der Waals surface area (Å²) in [7, 11) is 1.55. The van der Waals surface area contributed by atoms with E-state index in [4.69, 9.17) is 32.4 Å². The average Bonchev–Trinajstić information content (AvgIpc) is 3.09. The molecule has 1 N–H and O–H groups in total. The number of thioether (sulfide) groups is 1. The van der Waals surface area contributed by atoms with Crippen LogP contribution in [0, 0.1) is 6.92 Å². The summed E-state index contributed by atoms with van der Waals surface area (Å²) in [5.74, 6) is 0.747. The number of nitrogens with zero attached hydrogens (tertiary/aromatic N) is 2. The molecule has 140 valence electrons. The van der Waals surface area contributed by atoms with Crippen molar-refractivity contribution in [2.75, 3.05) is 18.2 Å². The van der Waals surface area contributed by atoms with Crippen LogP contribution in [0.2, 0.25) is 10.0 Å². The van der Waals surface area contributed by atoms with Crippen LogP contribution in [0.4, 0.5) is 5.69 Å². The highest BCUT2D eigenvalue weighted by Gasteiger charge is 2.15. The van der Waals surface area contributed by atoms with Gasteiger partial charge in [0.1, 0.15) is 5.75 Å². The smallest absolute Gasteiger partial charge is 0.277 e. The Morgan fingerprint density at radius 1 is 1.22 bits per heavy atom. The zero-order valence-corrected chi connectivity index (χ0v) is 16.8. The monoisotopic (exact) mass is 423 g/mol. The van der Waals surface area contributed by atoms with Gasteiger partial charge in [-0.1, -0.05) is 41.0 Å². The maximum atomic E-state index is 12.2. The molecule has 0 atom stereocenters. The Morgan fingerprint density at radius 2 is 2.04 bits per heavy atom. The molecule has 0 radical (unpaired) electrons. The summed E-state index contributed by atoms with van der Waals surface area (Å²) in [6.45, 7) is 1.94. The van der Waals surface area contributed by atoms with E-state index in [-0.39, 0.29) is 22.8 Å². The molecule has 1 aromatic heterocycles. The fraction of sp³-hybridized carbons (Fsp3) is 0.167. The second-order valence-electron chi connectivity index (χ2n) is 5.54. The van der Waals surface area contributed by atoms with E-state index >= 15 is 0 Å². The lowest BCUT2D eigenvalue weighted by Gasteiger charge is -2.10. The van der Waals surface area contributed by atoms with Crippen LogP contribution in [0.3, 0.4) is 0 Å². The number of nitrogens with one attached hydrogen (secondary N) is 1. The Hall–Kier alpha value is -2.22. The molecule has 2 aromatic carbocycles. The molecule has 1 amide bonds. The molecule has 0 aliphatic rings. The fourth-order valence-electron chi connectivity index (χ4n) is 2.27. The lowest BCUT2D eigenvalue weighted by Crippen LogP contribution is -2.14. The first kappa shape index (κ1) is 19.5. The highest BCUT2D eigenvalue weighted by Crippen LogP contribution is 2.31.